The van der Waals surface area contributed by atoms with Gasteiger partial charge in [0.25, 0.3) is 0 Å². The number of aliphatic hydroxyl groups is 1. The van der Waals surface area contributed by atoms with Crippen LogP contribution in [0.15, 0.2) is 12.2 Å². The van der Waals surface area contributed by atoms with E-state index >= 15 is 0 Å². The summed E-state index contributed by atoms with van der Waals surface area (Å²) in [5.74, 6) is -1.02. The quantitative estimate of drug-likeness (QED) is 0.597. The second kappa shape index (κ2) is 5.11. The number of ketones is 1. The van der Waals surface area contributed by atoms with Gasteiger partial charge in [-0.2, -0.15) is 0 Å². The normalized spacial score (nSPS) is 58.2. The molecule has 0 aromatic heterocycles. The zero-order valence-electron chi connectivity index (χ0n) is 19.0. The van der Waals surface area contributed by atoms with Crippen LogP contribution in [0.5, 0.6) is 0 Å². The highest BCUT2D eigenvalue weighted by atomic mass is 16.6. The molecule has 0 unspecified atom stereocenters. The van der Waals surface area contributed by atoms with E-state index in [4.69, 9.17) is 9.47 Å². The zero-order chi connectivity index (χ0) is 22.4. The van der Waals surface area contributed by atoms with Gasteiger partial charge in [0.15, 0.2) is 0 Å². The molecule has 31 heavy (non-hydrogen) atoms. The van der Waals surface area contributed by atoms with Crippen LogP contribution in [0.4, 0.5) is 0 Å². The maximum absolute atomic E-state index is 14.0. The van der Waals surface area contributed by atoms with Crippen LogP contribution in [0, 0.1) is 44.8 Å². The van der Waals surface area contributed by atoms with Crippen molar-refractivity contribution in [1.82, 2.24) is 0 Å². The first-order valence-corrected chi connectivity index (χ1v) is 11.6. The first-order chi connectivity index (χ1) is 14.3. The minimum atomic E-state index is -0.996. The number of ether oxygens (including phenoxy) is 2. The van der Waals surface area contributed by atoms with Gasteiger partial charge in [0.1, 0.15) is 11.4 Å². The van der Waals surface area contributed by atoms with Gasteiger partial charge >= 0.3 is 11.9 Å². The number of fused-ring (bicyclic) bond motifs is 2. The molecule has 6 nitrogen and oxygen atoms in total. The van der Waals surface area contributed by atoms with Gasteiger partial charge in [-0.05, 0) is 56.3 Å². The second-order valence-electron chi connectivity index (χ2n) is 12.5. The van der Waals surface area contributed by atoms with Crippen LogP contribution in [0.3, 0.4) is 0 Å². The SMILES string of the molecule is CC1(C)OC(=O)C=C[C@@]2(C)[C@H]1CC[C@]13C[C@]4(C)C(=O)[C@](C)(C[C@@H]21)[C@]31COC(=O)[C@H]1[C@H]4O. The summed E-state index contributed by atoms with van der Waals surface area (Å²) in [5.41, 5.74) is -3.63. The van der Waals surface area contributed by atoms with Crippen molar-refractivity contribution < 1.29 is 29.0 Å². The van der Waals surface area contributed by atoms with Crippen LogP contribution < -0.4 is 0 Å². The van der Waals surface area contributed by atoms with Gasteiger partial charge in [0.2, 0.25) is 0 Å². The molecule has 1 N–H and O–H groups in total. The van der Waals surface area contributed by atoms with Crippen molar-refractivity contribution in [1.29, 1.82) is 0 Å². The smallest absolute Gasteiger partial charge is 0.330 e. The molecule has 7 aliphatic rings. The van der Waals surface area contributed by atoms with E-state index in [0.717, 1.165) is 12.8 Å². The minimum absolute atomic E-state index is 0.0893. The summed E-state index contributed by atoms with van der Waals surface area (Å²) in [7, 11) is 0. The molecule has 5 aliphatic carbocycles. The Labute approximate surface area is 182 Å². The Balaban J connectivity index is 1.62. The zero-order valence-corrected chi connectivity index (χ0v) is 19.0. The molecule has 6 fully saturated rings. The molecular weight excluding hydrogens is 396 g/mol. The summed E-state index contributed by atoms with van der Waals surface area (Å²) >= 11 is 0. The van der Waals surface area contributed by atoms with E-state index in [0.29, 0.717) is 12.8 Å². The van der Waals surface area contributed by atoms with Crippen LogP contribution in [0.2, 0.25) is 0 Å². The van der Waals surface area contributed by atoms with E-state index in [9.17, 15) is 19.5 Å². The van der Waals surface area contributed by atoms with E-state index < -0.39 is 33.9 Å². The molecule has 0 aromatic rings. The number of carbonyl (C=O) groups is 3. The van der Waals surface area contributed by atoms with Crippen LogP contribution in [-0.2, 0) is 23.9 Å². The molecule has 7 rings (SSSR count). The van der Waals surface area contributed by atoms with Gasteiger partial charge in [-0.25, -0.2) is 4.79 Å². The lowest BCUT2D eigenvalue weighted by atomic mass is 9.31. The number of allylic oxidation sites excluding steroid dienone is 1. The summed E-state index contributed by atoms with van der Waals surface area (Å²) in [6.45, 7) is 10.3. The fourth-order valence-electron chi connectivity index (χ4n) is 10.3. The molecule has 4 bridgehead atoms. The highest BCUT2D eigenvalue weighted by Crippen LogP contribution is 2.86. The Morgan fingerprint density at radius 2 is 1.77 bits per heavy atom. The van der Waals surface area contributed by atoms with E-state index in [-0.39, 0.29) is 47.0 Å². The van der Waals surface area contributed by atoms with Crippen LogP contribution in [0.25, 0.3) is 0 Å². The van der Waals surface area contributed by atoms with Crippen molar-refractivity contribution in [2.75, 3.05) is 6.61 Å². The lowest BCUT2D eigenvalue weighted by Crippen LogP contribution is -2.75. The maximum atomic E-state index is 14.0. The molecule has 2 aliphatic heterocycles. The average Bonchev–Trinajstić information content (AvgIpc) is 3.09. The van der Waals surface area contributed by atoms with E-state index in [1.807, 2.05) is 33.8 Å². The molecule has 0 radical (unpaired) electrons. The predicted molar refractivity (Wildman–Crippen MR) is 109 cm³/mol. The number of esters is 2. The number of aliphatic hydroxyl groups excluding tert-OH is 1. The fourth-order valence-corrected chi connectivity index (χ4v) is 10.3. The molecule has 0 amide bonds. The Morgan fingerprint density at radius 1 is 1.06 bits per heavy atom. The van der Waals surface area contributed by atoms with Gasteiger partial charge < -0.3 is 14.6 Å². The van der Waals surface area contributed by atoms with Crippen molar-refractivity contribution in [3.63, 3.8) is 0 Å². The van der Waals surface area contributed by atoms with Crippen molar-refractivity contribution in [2.24, 2.45) is 44.8 Å². The van der Waals surface area contributed by atoms with Crippen LogP contribution >= 0.6 is 0 Å². The van der Waals surface area contributed by atoms with Crippen molar-refractivity contribution in [2.45, 2.75) is 72.0 Å². The number of carbonyl (C=O) groups excluding carboxylic acids is 3. The predicted octanol–water partition coefficient (Wildman–Crippen LogP) is 2.82. The molecule has 2 spiro atoms. The third-order valence-electron chi connectivity index (χ3n) is 11.2. The van der Waals surface area contributed by atoms with Crippen molar-refractivity contribution in [3.8, 4) is 0 Å². The largest absolute Gasteiger partial charge is 0.465 e. The van der Waals surface area contributed by atoms with Gasteiger partial charge in [0.05, 0.1) is 24.0 Å². The van der Waals surface area contributed by atoms with Gasteiger partial charge in [-0.3, -0.25) is 9.59 Å². The van der Waals surface area contributed by atoms with Crippen molar-refractivity contribution >= 4 is 17.7 Å². The number of Topliss-reactive ketones (excluding diaryl/α,β-unsaturated/α-hetero) is 1. The summed E-state index contributed by atoms with van der Waals surface area (Å²) in [6, 6.07) is 0. The lowest BCUT2D eigenvalue weighted by molar-refractivity contribution is -0.251. The summed E-state index contributed by atoms with van der Waals surface area (Å²) in [6.07, 6.45) is 5.53. The highest BCUT2D eigenvalue weighted by Gasteiger charge is 2.90. The third kappa shape index (κ3) is 1.73. The Bertz CT molecular complexity index is 982. The van der Waals surface area contributed by atoms with Gasteiger partial charge in [-0.15, -0.1) is 0 Å². The molecule has 9 atom stereocenters. The Morgan fingerprint density at radius 3 is 2.48 bits per heavy atom. The number of hydrogen-bond donors (Lipinski definition) is 1. The Kier molecular flexibility index (Phi) is 3.29. The standard InChI is InChI=1S/C25H32O6/c1-20(2)13-6-9-24-11-22(4)17(27)16-18(28)30-12-25(16,24)23(5,19(22)29)10-14(24)21(13,3)8-7-15(26)31-20/h7-8,13-14,16-17,27H,6,9-12H2,1-5H3/t13-,14-,16+,17+,21-,22-,23-,24-,25+/m0/s1. The maximum Gasteiger partial charge on any atom is 0.330 e. The van der Waals surface area contributed by atoms with E-state index in [1.54, 1.807) is 6.08 Å². The molecule has 2 heterocycles. The topological polar surface area (TPSA) is 89.9 Å². The molecule has 0 aromatic carbocycles. The molecule has 5 saturated carbocycles. The lowest BCUT2D eigenvalue weighted by Gasteiger charge is -2.70. The van der Waals surface area contributed by atoms with Crippen LogP contribution in [-0.4, -0.2) is 41.1 Å². The first kappa shape index (κ1) is 20.0. The number of hydrogen-bond acceptors (Lipinski definition) is 6. The molecule has 1 saturated heterocycles. The summed E-state index contributed by atoms with van der Waals surface area (Å²) in [5, 5.41) is 11.3. The number of cyclic esters (lactones) is 2. The van der Waals surface area contributed by atoms with E-state index in [2.05, 4.69) is 6.92 Å². The van der Waals surface area contributed by atoms with Gasteiger partial charge in [0, 0.05) is 22.8 Å². The summed E-state index contributed by atoms with van der Waals surface area (Å²) in [4.78, 5) is 39.3. The van der Waals surface area contributed by atoms with E-state index in [1.165, 1.54) is 0 Å². The van der Waals surface area contributed by atoms with Gasteiger partial charge in [-0.1, -0.05) is 26.8 Å². The highest BCUT2D eigenvalue weighted by molar-refractivity contribution is 5.98. The molecular formula is C25H32O6. The first-order valence-electron chi connectivity index (χ1n) is 11.6. The summed E-state index contributed by atoms with van der Waals surface area (Å²) < 4.78 is 11.5. The average molecular weight is 429 g/mol. The third-order valence-corrected chi connectivity index (χ3v) is 11.2. The molecule has 6 heteroatoms. The van der Waals surface area contributed by atoms with Crippen LogP contribution in [0.1, 0.15) is 60.3 Å². The van der Waals surface area contributed by atoms with Crippen molar-refractivity contribution in [3.05, 3.63) is 12.2 Å². The fraction of sp³-hybridized carbons (Fsp3) is 0.800. The monoisotopic (exact) mass is 428 g/mol. The second-order valence-corrected chi connectivity index (χ2v) is 12.5. The minimum Gasteiger partial charge on any atom is -0.465 e. The molecule has 168 valence electrons. The number of rotatable bonds is 0. The Hall–Kier alpha value is -1.69.